The predicted molar refractivity (Wildman–Crippen MR) is 132 cm³/mol. The zero-order chi connectivity index (χ0) is 22.6. The molecule has 4 aromatic carbocycles. The number of aromatic hydroxyl groups is 1. The summed E-state index contributed by atoms with van der Waals surface area (Å²) >= 11 is 0. The Hall–Kier alpha value is -3.63. The molecule has 0 saturated carbocycles. The Labute approximate surface area is 194 Å². The molecule has 4 heteroatoms. The van der Waals surface area contributed by atoms with Crippen LogP contribution < -0.4 is 4.74 Å². The van der Waals surface area contributed by atoms with Crippen molar-refractivity contribution in [3.05, 3.63) is 96.1 Å². The number of ether oxygens (including phenoxy) is 1. The molecule has 0 amide bonds. The van der Waals surface area contributed by atoms with Crippen LogP contribution in [0.3, 0.4) is 0 Å². The van der Waals surface area contributed by atoms with Gasteiger partial charge in [-0.3, -0.25) is 9.69 Å². The number of carbonyl (C=O) groups is 1. The molecular formula is C29H27NO3. The van der Waals surface area contributed by atoms with E-state index in [4.69, 9.17) is 4.74 Å². The second-order valence-electron chi connectivity index (χ2n) is 8.51. The van der Waals surface area contributed by atoms with E-state index in [-0.39, 0.29) is 11.5 Å². The van der Waals surface area contributed by atoms with Gasteiger partial charge in [-0.1, -0.05) is 42.5 Å². The number of rotatable bonds is 7. The van der Waals surface area contributed by atoms with Crippen molar-refractivity contribution in [3.63, 3.8) is 0 Å². The van der Waals surface area contributed by atoms with Crippen LogP contribution in [-0.2, 0) is 0 Å². The van der Waals surface area contributed by atoms with Gasteiger partial charge in [0.15, 0.2) is 5.78 Å². The van der Waals surface area contributed by atoms with Gasteiger partial charge < -0.3 is 9.84 Å². The minimum Gasteiger partial charge on any atom is -0.508 e. The summed E-state index contributed by atoms with van der Waals surface area (Å²) in [6.45, 7) is 3.90. The highest BCUT2D eigenvalue weighted by Crippen LogP contribution is 2.34. The number of benzene rings is 4. The summed E-state index contributed by atoms with van der Waals surface area (Å²) in [4.78, 5) is 16.1. The Balaban J connectivity index is 1.44. The maximum absolute atomic E-state index is 13.7. The van der Waals surface area contributed by atoms with Crippen molar-refractivity contribution in [2.45, 2.75) is 12.8 Å². The molecular weight excluding hydrogens is 410 g/mol. The van der Waals surface area contributed by atoms with Crippen molar-refractivity contribution < 1.29 is 14.6 Å². The van der Waals surface area contributed by atoms with Gasteiger partial charge in [-0.15, -0.1) is 0 Å². The van der Waals surface area contributed by atoms with Gasteiger partial charge in [-0.25, -0.2) is 0 Å². The molecule has 0 bridgehead atoms. The van der Waals surface area contributed by atoms with E-state index in [2.05, 4.69) is 4.90 Å². The molecule has 1 N–H and O–H groups in total. The Kier molecular flexibility index (Phi) is 6.09. The molecule has 0 radical (unpaired) electrons. The Morgan fingerprint density at radius 1 is 0.879 bits per heavy atom. The predicted octanol–water partition coefficient (Wildman–Crippen LogP) is 5.92. The molecule has 0 aliphatic carbocycles. The lowest BCUT2D eigenvalue weighted by Gasteiger charge is -2.15. The average molecular weight is 438 g/mol. The number of carbonyl (C=O) groups excluding carboxylic acids is 1. The monoisotopic (exact) mass is 437 g/mol. The number of fused-ring (bicyclic) bond motifs is 1. The second kappa shape index (κ2) is 9.47. The van der Waals surface area contributed by atoms with Crippen molar-refractivity contribution in [3.8, 4) is 22.6 Å². The molecule has 1 aliphatic heterocycles. The molecule has 1 aliphatic rings. The summed E-state index contributed by atoms with van der Waals surface area (Å²) in [6, 6.07) is 26.4. The Bertz CT molecular complexity index is 1260. The zero-order valence-electron chi connectivity index (χ0n) is 18.5. The maximum atomic E-state index is 13.7. The summed E-state index contributed by atoms with van der Waals surface area (Å²) in [7, 11) is 0. The first-order valence-electron chi connectivity index (χ1n) is 11.5. The van der Waals surface area contributed by atoms with Crippen LogP contribution in [0, 0.1) is 0 Å². The number of likely N-dealkylation sites (tertiary alicyclic amines) is 1. The van der Waals surface area contributed by atoms with Crippen LogP contribution in [0.2, 0.25) is 0 Å². The van der Waals surface area contributed by atoms with Gasteiger partial charge in [-0.2, -0.15) is 0 Å². The molecule has 0 spiro atoms. The van der Waals surface area contributed by atoms with E-state index in [1.807, 2.05) is 72.8 Å². The first-order valence-corrected chi connectivity index (χ1v) is 11.5. The molecule has 1 fully saturated rings. The maximum Gasteiger partial charge on any atom is 0.194 e. The van der Waals surface area contributed by atoms with Crippen LogP contribution in [-0.4, -0.2) is 42.0 Å². The summed E-state index contributed by atoms with van der Waals surface area (Å²) in [5, 5.41) is 11.6. The highest BCUT2D eigenvalue weighted by Gasteiger charge is 2.19. The minimum absolute atomic E-state index is 0.0474. The number of phenols is 1. The van der Waals surface area contributed by atoms with E-state index in [1.54, 1.807) is 12.1 Å². The van der Waals surface area contributed by atoms with E-state index in [9.17, 15) is 9.90 Å². The smallest absolute Gasteiger partial charge is 0.194 e. The van der Waals surface area contributed by atoms with Gasteiger partial charge in [0.05, 0.1) is 0 Å². The van der Waals surface area contributed by atoms with Gasteiger partial charge in [-0.05, 0) is 90.3 Å². The fourth-order valence-electron chi connectivity index (χ4n) is 4.57. The lowest BCUT2D eigenvalue weighted by atomic mass is 9.89. The molecule has 1 heterocycles. The van der Waals surface area contributed by atoms with Crippen LogP contribution >= 0.6 is 0 Å². The molecule has 0 atom stereocenters. The van der Waals surface area contributed by atoms with Crippen molar-refractivity contribution in [2.24, 2.45) is 0 Å². The van der Waals surface area contributed by atoms with Gasteiger partial charge in [0.2, 0.25) is 0 Å². The highest BCUT2D eigenvalue weighted by molar-refractivity contribution is 6.20. The fraction of sp³-hybridized carbons (Fsp3) is 0.207. The normalized spacial score (nSPS) is 13.9. The first-order chi connectivity index (χ1) is 16.2. The Morgan fingerprint density at radius 2 is 1.64 bits per heavy atom. The second-order valence-corrected chi connectivity index (χ2v) is 8.51. The van der Waals surface area contributed by atoms with Crippen molar-refractivity contribution in [1.82, 2.24) is 4.90 Å². The lowest BCUT2D eigenvalue weighted by Crippen LogP contribution is -2.25. The molecule has 33 heavy (non-hydrogen) atoms. The molecule has 0 aromatic heterocycles. The summed E-state index contributed by atoms with van der Waals surface area (Å²) in [6.07, 6.45) is 2.55. The van der Waals surface area contributed by atoms with E-state index in [1.165, 1.54) is 12.8 Å². The largest absolute Gasteiger partial charge is 0.508 e. The SMILES string of the molecule is O=C(c1ccc(OCCN2CCCC2)cc1)c1c(-c2ccccc2)ccc2cc(O)ccc12. The number of phenolic OH excluding ortho intramolecular Hbond substituents is 1. The van der Waals surface area contributed by atoms with Crippen LogP contribution in [0.5, 0.6) is 11.5 Å². The van der Waals surface area contributed by atoms with Crippen molar-refractivity contribution in [1.29, 1.82) is 0 Å². The van der Waals surface area contributed by atoms with Gasteiger partial charge in [0.25, 0.3) is 0 Å². The zero-order valence-corrected chi connectivity index (χ0v) is 18.5. The summed E-state index contributed by atoms with van der Waals surface area (Å²) in [5.74, 6) is 0.912. The van der Waals surface area contributed by atoms with Crippen LogP contribution in [0.4, 0.5) is 0 Å². The first kappa shape index (κ1) is 21.2. The van der Waals surface area contributed by atoms with Crippen LogP contribution in [0.15, 0.2) is 84.9 Å². The van der Waals surface area contributed by atoms with E-state index >= 15 is 0 Å². The average Bonchev–Trinajstić information content (AvgIpc) is 3.37. The van der Waals surface area contributed by atoms with Crippen LogP contribution in [0.1, 0.15) is 28.8 Å². The lowest BCUT2D eigenvalue weighted by molar-refractivity contribution is 0.104. The third-order valence-electron chi connectivity index (χ3n) is 6.31. The minimum atomic E-state index is -0.0474. The third kappa shape index (κ3) is 4.62. The number of ketones is 1. The molecule has 1 saturated heterocycles. The quantitative estimate of drug-likeness (QED) is 0.365. The molecule has 166 valence electrons. The topological polar surface area (TPSA) is 49.8 Å². The molecule has 4 aromatic rings. The standard InChI is InChI=1S/C29H27NO3/c31-24-11-15-27-23(20-24)10-14-26(21-6-2-1-3-7-21)28(27)29(32)22-8-12-25(13-9-22)33-19-18-30-16-4-5-17-30/h1-3,6-15,20,31H,4-5,16-19H2. The van der Waals surface area contributed by atoms with Crippen molar-refractivity contribution in [2.75, 3.05) is 26.2 Å². The van der Waals surface area contributed by atoms with E-state index in [0.29, 0.717) is 17.7 Å². The fourth-order valence-corrected chi connectivity index (χ4v) is 4.57. The van der Waals surface area contributed by atoms with Crippen LogP contribution in [0.25, 0.3) is 21.9 Å². The van der Waals surface area contributed by atoms with Gasteiger partial charge in [0.1, 0.15) is 18.1 Å². The van der Waals surface area contributed by atoms with Gasteiger partial charge in [0, 0.05) is 17.7 Å². The number of nitrogens with zero attached hydrogens (tertiary/aromatic N) is 1. The molecule has 0 unspecified atom stereocenters. The highest BCUT2D eigenvalue weighted by atomic mass is 16.5. The Morgan fingerprint density at radius 3 is 2.39 bits per heavy atom. The van der Waals surface area contributed by atoms with E-state index < -0.39 is 0 Å². The summed E-state index contributed by atoms with van der Waals surface area (Å²) in [5.41, 5.74) is 3.11. The van der Waals surface area contributed by atoms with Crippen molar-refractivity contribution >= 4 is 16.6 Å². The van der Waals surface area contributed by atoms with Gasteiger partial charge >= 0.3 is 0 Å². The molecule has 5 rings (SSSR count). The number of hydrogen-bond acceptors (Lipinski definition) is 4. The third-order valence-corrected chi connectivity index (χ3v) is 6.31. The molecule has 4 nitrogen and oxygen atoms in total. The summed E-state index contributed by atoms with van der Waals surface area (Å²) < 4.78 is 5.90. The number of hydrogen-bond donors (Lipinski definition) is 1. The van der Waals surface area contributed by atoms with E-state index in [0.717, 1.165) is 47.3 Å².